The Hall–Kier alpha value is -2.46. The minimum atomic E-state index is -4.78. The molecule has 1 unspecified atom stereocenters. The number of ether oxygens (including phenoxy) is 1. The maximum atomic E-state index is 13.4. The van der Waals surface area contributed by atoms with Crippen molar-refractivity contribution in [3.63, 3.8) is 0 Å². The first kappa shape index (κ1) is 24.8. The smallest absolute Gasteiger partial charge is 0.416 e. The van der Waals surface area contributed by atoms with E-state index in [1.165, 1.54) is 25.3 Å². The van der Waals surface area contributed by atoms with Crippen molar-refractivity contribution in [3.05, 3.63) is 53.1 Å². The molecule has 31 heavy (non-hydrogen) atoms. The molecule has 2 aromatic carbocycles. The average molecular weight is 479 g/mol. The fourth-order valence-corrected chi connectivity index (χ4v) is 4.62. The molecule has 2 aromatic rings. The molecular weight excluding hydrogens is 457 g/mol. The van der Waals surface area contributed by atoms with E-state index in [2.05, 4.69) is 5.32 Å². The molecule has 1 amide bonds. The van der Waals surface area contributed by atoms with Crippen LogP contribution in [0, 0.1) is 0 Å². The highest BCUT2D eigenvalue weighted by Crippen LogP contribution is 2.37. The molecule has 0 spiro atoms. The lowest BCUT2D eigenvalue weighted by atomic mass is 10.2. The van der Waals surface area contributed by atoms with Crippen molar-refractivity contribution in [2.24, 2.45) is 0 Å². The van der Waals surface area contributed by atoms with Crippen LogP contribution in [0.4, 0.5) is 18.9 Å². The third kappa shape index (κ3) is 5.82. The molecule has 1 N–H and O–H groups in total. The van der Waals surface area contributed by atoms with Crippen molar-refractivity contribution in [2.45, 2.75) is 37.4 Å². The summed E-state index contributed by atoms with van der Waals surface area (Å²) in [5.41, 5.74) is -1.20. The van der Waals surface area contributed by atoms with Crippen LogP contribution in [0.15, 0.2) is 47.4 Å². The molecule has 0 saturated carbocycles. The van der Waals surface area contributed by atoms with Crippen LogP contribution in [0.25, 0.3) is 0 Å². The first-order valence-electron chi connectivity index (χ1n) is 9.23. The van der Waals surface area contributed by atoms with Gasteiger partial charge in [0.15, 0.2) is 0 Å². The largest absolute Gasteiger partial charge is 0.495 e. The number of anilines is 1. The van der Waals surface area contributed by atoms with Crippen LogP contribution in [0.3, 0.4) is 0 Å². The molecule has 0 bridgehead atoms. The molecule has 0 fully saturated rings. The maximum absolute atomic E-state index is 13.4. The van der Waals surface area contributed by atoms with Gasteiger partial charge in [0, 0.05) is 6.04 Å². The summed E-state index contributed by atoms with van der Waals surface area (Å²) in [6, 6.07) is 7.72. The van der Waals surface area contributed by atoms with Gasteiger partial charge in [-0.3, -0.25) is 9.10 Å². The number of para-hydroxylation sites is 2. The summed E-state index contributed by atoms with van der Waals surface area (Å²) >= 11 is 5.97. The number of halogens is 4. The van der Waals surface area contributed by atoms with Gasteiger partial charge in [0.25, 0.3) is 10.0 Å². The van der Waals surface area contributed by atoms with Gasteiger partial charge in [0.1, 0.15) is 17.2 Å². The van der Waals surface area contributed by atoms with Crippen LogP contribution in [0.2, 0.25) is 5.02 Å². The number of nitrogens with zero attached hydrogens (tertiary/aromatic N) is 1. The lowest BCUT2D eigenvalue weighted by molar-refractivity contribution is -0.137. The van der Waals surface area contributed by atoms with Gasteiger partial charge < -0.3 is 10.1 Å². The van der Waals surface area contributed by atoms with Gasteiger partial charge in [-0.2, -0.15) is 13.2 Å². The molecule has 0 aliphatic rings. The highest BCUT2D eigenvalue weighted by atomic mass is 35.5. The number of sulfonamides is 1. The maximum Gasteiger partial charge on any atom is 0.416 e. The predicted octanol–water partition coefficient (Wildman–Crippen LogP) is 4.48. The van der Waals surface area contributed by atoms with Gasteiger partial charge >= 0.3 is 6.18 Å². The van der Waals surface area contributed by atoms with E-state index in [4.69, 9.17) is 16.3 Å². The molecule has 2 rings (SSSR count). The summed E-state index contributed by atoms with van der Waals surface area (Å²) < 4.78 is 72.3. The minimum absolute atomic E-state index is 0.0159. The van der Waals surface area contributed by atoms with E-state index in [1.54, 1.807) is 13.0 Å². The number of hydrogen-bond acceptors (Lipinski definition) is 4. The van der Waals surface area contributed by atoms with Crippen molar-refractivity contribution in [1.29, 1.82) is 0 Å². The molecule has 0 heterocycles. The Kier molecular flexibility index (Phi) is 7.82. The number of carbonyl (C=O) groups excluding carboxylic acids is 1. The van der Waals surface area contributed by atoms with E-state index < -0.39 is 44.1 Å². The Morgan fingerprint density at radius 3 is 2.45 bits per heavy atom. The van der Waals surface area contributed by atoms with Crippen LogP contribution in [-0.2, 0) is 21.0 Å². The van der Waals surface area contributed by atoms with E-state index in [9.17, 15) is 26.4 Å². The Balaban J connectivity index is 2.64. The zero-order valence-electron chi connectivity index (χ0n) is 17.0. The highest BCUT2D eigenvalue weighted by molar-refractivity contribution is 7.93. The lowest BCUT2D eigenvalue weighted by Crippen LogP contribution is -2.43. The third-order valence-electron chi connectivity index (χ3n) is 4.49. The summed E-state index contributed by atoms with van der Waals surface area (Å²) in [5, 5.41) is 2.24. The normalized spacial score (nSPS) is 12.9. The van der Waals surface area contributed by atoms with Gasteiger partial charge in [-0.15, -0.1) is 0 Å². The predicted molar refractivity (Wildman–Crippen MR) is 112 cm³/mol. The fourth-order valence-electron chi connectivity index (χ4n) is 2.68. The molecule has 11 heteroatoms. The lowest BCUT2D eigenvalue weighted by Gasteiger charge is -2.27. The van der Waals surface area contributed by atoms with Gasteiger partial charge in [-0.25, -0.2) is 8.42 Å². The van der Waals surface area contributed by atoms with Crippen LogP contribution >= 0.6 is 11.6 Å². The van der Waals surface area contributed by atoms with Crippen molar-refractivity contribution in [2.75, 3.05) is 18.0 Å². The van der Waals surface area contributed by atoms with Gasteiger partial charge in [-0.05, 0) is 43.7 Å². The Morgan fingerprint density at radius 2 is 1.87 bits per heavy atom. The van der Waals surface area contributed by atoms with Gasteiger partial charge in [0.05, 0.1) is 23.4 Å². The summed E-state index contributed by atoms with van der Waals surface area (Å²) in [6.07, 6.45) is -4.18. The topological polar surface area (TPSA) is 75.7 Å². The highest BCUT2D eigenvalue weighted by Gasteiger charge is 2.36. The SMILES string of the molecule is CCC(C)NC(=O)CN(c1ccccc1OC)S(=O)(=O)c1cc(C(F)(F)F)ccc1Cl. The number of carbonyl (C=O) groups is 1. The molecule has 0 aliphatic heterocycles. The number of rotatable bonds is 8. The number of alkyl halides is 3. The van der Waals surface area contributed by atoms with Crippen molar-refractivity contribution < 1.29 is 31.1 Å². The minimum Gasteiger partial charge on any atom is -0.495 e. The number of hydrogen-bond donors (Lipinski definition) is 1. The van der Waals surface area contributed by atoms with E-state index >= 15 is 0 Å². The first-order chi connectivity index (χ1) is 14.4. The number of methoxy groups -OCH3 is 1. The molecule has 0 aliphatic carbocycles. The monoisotopic (exact) mass is 478 g/mol. The molecule has 1 atom stereocenters. The van der Waals surface area contributed by atoms with E-state index in [0.717, 1.165) is 6.07 Å². The molecule has 0 radical (unpaired) electrons. The van der Waals surface area contributed by atoms with Crippen LogP contribution in [-0.4, -0.2) is 34.0 Å². The third-order valence-corrected chi connectivity index (χ3v) is 6.73. The number of nitrogens with one attached hydrogen (secondary N) is 1. The summed E-state index contributed by atoms with van der Waals surface area (Å²) in [5.74, 6) is -0.516. The van der Waals surface area contributed by atoms with Crippen molar-refractivity contribution in [3.8, 4) is 5.75 Å². The molecule has 0 saturated heterocycles. The number of amides is 1. The standard InChI is InChI=1S/C20H22ClF3N2O4S/c1-4-13(2)25-19(27)12-26(16-7-5-6-8-17(16)30-3)31(28,29)18-11-14(20(22,23)24)9-10-15(18)21/h5-11,13H,4,12H2,1-3H3,(H,25,27). The second kappa shape index (κ2) is 9.78. The summed E-state index contributed by atoms with van der Waals surface area (Å²) in [6.45, 7) is 2.89. The van der Waals surface area contributed by atoms with Crippen LogP contribution in [0.1, 0.15) is 25.8 Å². The van der Waals surface area contributed by atoms with E-state index in [1.807, 2.05) is 6.92 Å². The van der Waals surface area contributed by atoms with Crippen LogP contribution < -0.4 is 14.4 Å². The Labute approximate surface area is 184 Å². The van der Waals surface area contributed by atoms with E-state index in [-0.39, 0.29) is 17.5 Å². The van der Waals surface area contributed by atoms with Gasteiger partial charge in [-0.1, -0.05) is 30.7 Å². The van der Waals surface area contributed by atoms with E-state index in [0.29, 0.717) is 22.9 Å². The summed E-state index contributed by atoms with van der Waals surface area (Å²) in [4.78, 5) is 11.7. The second-order valence-electron chi connectivity index (χ2n) is 6.70. The Morgan fingerprint density at radius 1 is 1.23 bits per heavy atom. The number of benzene rings is 2. The molecular formula is C20H22ClF3N2O4S. The quantitative estimate of drug-likeness (QED) is 0.607. The van der Waals surface area contributed by atoms with Gasteiger partial charge in [0.2, 0.25) is 5.91 Å². The Bertz CT molecular complexity index is 1040. The molecule has 170 valence electrons. The van der Waals surface area contributed by atoms with Crippen molar-refractivity contribution in [1.82, 2.24) is 5.32 Å². The van der Waals surface area contributed by atoms with Crippen LogP contribution in [0.5, 0.6) is 5.75 Å². The molecule has 6 nitrogen and oxygen atoms in total. The summed E-state index contributed by atoms with van der Waals surface area (Å²) in [7, 11) is -3.37. The van der Waals surface area contributed by atoms with Crippen molar-refractivity contribution >= 4 is 33.2 Å². The zero-order chi connectivity index (χ0) is 23.4. The second-order valence-corrected chi connectivity index (χ2v) is 8.94. The fraction of sp³-hybridized carbons (Fsp3) is 0.350. The average Bonchev–Trinajstić information content (AvgIpc) is 2.71. The zero-order valence-corrected chi connectivity index (χ0v) is 18.6. The molecule has 0 aromatic heterocycles. The first-order valence-corrected chi connectivity index (χ1v) is 11.1.